The topological polar surface area (TPSA) is 76.7 Å². The third-order valence-electron chi connectivity index (χ3n) is 3.06. The summed E-state index contributed by atoms with van der Waals surface area (Å²) in [6, 6.07) is 7.04. The Morgan fingerprint density at radius 1 is 1.13 bits per heavy atom. The lowest BCUT2D eigenvalue weighted by molar-refractivity contribution is -0.127. The number of amides is 2. The minimum absolute atomic E-state index is 0.0383. The molecule has 0 aromatic heterocycles. The van der Waals surface area contributed by atoms with Crippen molar-refractivity contribution in [2.24, 2.45) is 0 Å². The van der Waals surface area contributed by atoms with Gasteiger partial charge in [-0.3, -0.25) is 9.59 Å². The fourth-order valence-corrected chi connectivity index (χ4v) is 1.87. The highest BCUT2D eigenvalue weighted by molar-refractivity contribution is 5.95. The number of hydrogen-bond acceptors (Lipinski definition) is 4. The van der Waals surface area contributed by atoms with Gasteiger partial charge in [0.15, 0.2) is 0 Å². The number of carbonyl (C=O) groups excluding carboxylic acids is 2. The van der Waals surface area contributed by atoms with Crippen LogP contribution in [0.15, 0.2) is 24.3 Å². The van der Waals surface area contributed by atoms with E-state index in [-0.39, 0.29) is 11.8 Å². The zero-order valence-corrected chi connectivity index (χ0v) is 14.1. The first-order valence-corrected chi connectivity index (χ1v) is 7.97. The number of rotatable bonds is 10. The van der Waals surface area contributed by atoms with Crippen LogP contribution in [0.3, 0.4) is 0 Å². The van der Waals surface area contributed by atoms with Crippen molar-refractivity contribution < 1.29 is 19.1 Å². The third kappa shape index (κ3) is 7.76. The van der Waals surface area contributed by atoms with E-state index in [1.165, 1.54) is 0 Å². The molecule has 1 aromatic rings. The van der Waals surface area contributed by atoms with Crippen molar-refractivity contribution in [3.63, 3.8) is 0 Å². The van der Waals surface area contributed by atoms with E-state index in [0.717, 1.165) is 6.42 Å². The van der Waals surface area contributed by atoms with Gasteiger partial charge in [-0.1, -0.05) is 13.0 Å². The second-order valence-electron chi connectivity index (χ2n) is 5.08. The van der Waals surface area contributed by atoms with Gasteiger partial charge in [0.1, 0.15) is 6.10 Å². The molecule has 0 aliphatic rings. The zero-order chi connectivity index (χ0) is 17.1. The molecule has 1 aromatic carbocycles. The molecule has 0 bridgehead atoms. The molecule has 0 aliphatic heterocycles. The fraction of sp³-hybridized carbons (Fsp3) is 0.529. The summed E-state index contributed by atoms with van der Waals surface area (Å²) in [7, 11) is 0. The standard InChI is InChI=1S/C17H26N2O4/c1-4-7-16(20)18-14-8-6-9-15(12-14)19-17(21)13(3)23-11-10-22-5-2/h6,8-9,12-13H,4-5,7,10-11H2,1-3H3,(H,18,20)(H,19,21). The molecule has 1 unspecified atom stereocenters. The van der Waals surface area contributed by atoms with E-state index < -0.39 is 6.10 Å². The van der Waals surface area contributed by atoms with Crippen molar-refractivity contribution in [2.45, 2.75) is 39.7 Å². The molecule has 0 saturated heterocycles. The summed E-state index contributed by atoms with van der Waals surface area (Å²) >= 11 is 0. The van der Waals surface area contributed by atoms with Gasteiger partial charge in [0, 0.05) is 24.4 Å². The van der Waals surface area contributed by atoms with Gasteiger partial charge in [-0.2, -0.15) is 0 Å². The molecule has 1 atom stereocenters. The lowest BCUT2D eigenvalue weighted by Gasteiger charge is -2.14. The van der Waals surface area contributed by atoms with E-state index in [1.54, 1.807) is 31.2 Å². The molecule has 6 nitrogen and oxygen atoms in total. The summed E-state index contributed by atoms with van der Waals surface area (Å²) in [5, 5.41) is 5.57. The van der Waals surface area contributed by atoms with Crippen LogP contribution in [0.5, 0.6) is 0 Å². The van der Waals surface area contributed by atoms with Crippen molar-refractivity contribution in [2.75, 3.05) is 30.5 Å². The van der Waals surface area contributed by atoms with Crippen molar-refractivity contribution >= 4 is 23.2 Å². The first-order valence-electron chi connectivity index (χ1n) is 7.97. The molecule has 0 aliphatic carbocycles. The molecule has 0 heterocycles. The molecular weight excluding hydrogens is 296 g/mol. The van der Waals surface area contributed by atoms with Crippen LogP contribution < -0.4 is 10.6 Å². The van der Waals surface area contributed by atoms with Gasteiger partial charge in [-0.15, -0.1) is 0 Å². The Morgan fingerprint density at radius 2 is 1.83 bits per heavy atom. The summed E-state index contributed by atoms with van der Waals surface area (Å²) in [5.74, 6) is -0.276. The molecule has 0 spiro atoms. The predicted molar refractivity (Wildman–Crippen MR) is 90.5 cm³/mol. The van der Waals surface area contributed by atoms with Crippen molar-refractivity contribution in [3.8, 4) is 0 Å². The summed E-state index contributed by atoms with van der Waals surface area (Å²) in [6.45, 7) is 7.00. The first kappa shape index (κ1) is 19.1. The third-order valence-corrected chi connectivity index (χ3v) is 3.06. The maximum absolute atomic E-state index is 12.0. The second-order valence-corrected chi connectivity index (χ2v) is 5.08. The molecule has 1 rings (SSSR count). The number of nitrogens with one attached hydrogen (secondary N) is 2. The Balaban J connectivity index is 2.49. The molecule has 0 radical (unpaired) electrons. The van der Waals surface area contributed by atoms with Crippen molar-refractivity contribution in [1.82, 2.24) is 0 Å². The summed E-state index contributed by atoms with van der Waals surface area (Å²) in [4.78, 5) is 23.6. The van der Waals surface area contributed by atoms with E-state index in [2.05, 4.69) is 10.6 Å². The number of ether oxygens (including phenoxy) is 2. The van der Waals surface area contributed by atoms with Crippen LogP contribution in [0.25, 0.3) is 0 Å². The second kappa shape index (κ2) is 10.7. The highest BCUT2D eigenvalue weighted by atomic mass is 16.5. The van der Waals surface area contributed by atoms with Crippen molar-refractivity contribution in [1.29, 1.82) is 0 Å². The predicted octanol–water partition coefficient (Wildman–Crippen LogP) is 2.81. The van der Waals surface area contributed by atoms with Crippen LogP contribution in [-0.2, 0) is 19.1 Å². The molecule has 6 heteroatoms. The van der Waals surface area contributed by atoms with Crippen LogP contribution >= 0.6 is 0 Å². The fourth-order valence-electron chi connectivity index (χ4n) is 1.87. The van der Waals surface area contributed by atoms with Gasteiger partial charge < -0.3 is 20.1 Å². The lowest BCUT2D eigenvalue weighted by atomic mass is 10.2. The monoisotopic (exact) mass is 322 g/mol. The number of hydrogen-bond donors (Lipinski definition) is 2. The number of anilines is 2. The Hall–Kier alpha value is -1.92. The highest BCUT2D eigenvalue weighted by Gasteiger charge is 2.13. The molecule has 2 N–H and O–H groups in total. The smallest absolute Gasteiger partial charge is 0.253 e. The van der Waals surface area contributed by atoms with E-state index >= 15 is 0 Å². The molecular formula is C17H26N2O4. The average Bonchev–Trinajstić information content (AvgIpc) is 2.51. The van der Waals surface area contributed by atoms with Gasteiger partial charge in [0.25, 0.3) is 5.91 Å². The zero-order valence-electron chi connectivity index (χ0n) is 14.1. The van der Waals surface area contributed by atoms with Crippen molar-refractivity contribution in [3.05, 3.63) is 24.3 Å². The summed E-state index contributed by atoms with van der Waals surface area (Å²) < 4.78 is 10.6. The Kier molecular flexibility index (Phi) is 8.94. The van der Waals surface area contributed by atoms with Gasteiger partial charge >= 0.3 is 0 Å². The summed E-state index contributed by atoms with van der Waals surface area (Å²) in [5.41, 5.74) is 1.27. The minimum Gasteiger partial charge on any atom is -0.379 e. The number of benzene rings is 1. The highest BCUT2D eigenvalue weighted by Crippen LogP contribution is 2.16. The van der Waals surface area contributed by atoms with Crippen LogP contribution in [0.2, 0.25) is 0 Å². The number of carbonyl (C=O) groups is 2. The van der Waals surface area contributed by atoms with Gasteiger partial charge in [-0.25, -0.2) is 0 Å². The normalized spacial score (nSPS) is 11.8. The molecule has 0 saturated carbocycles. The Labute approximate surface area is 137 Å². The van der Waals surface area contributed by atoms with E-state index in [1.807, 2.05) is 13.8 Å². The Bertz CT molecular complexity index is 505. The van der Waals surface area contributed by atoms with Crippen LogP contribution in [0, 0.1) is 0 Å². The Morgan fingerprint density at radius 3 is 2.48 bits per heavy atom. The SMILES string of the molecule is CCCC(=O)Nc1cccc(NC(=O)C(C)OCCOCC)c1. The minimum atomic E-state index is -0.575. The van der Waals surface area contributed by atoms with Gasteiger partial charge in [0.2, 0.25) is 5.91 Å². The molecule has 2 amide bonds. The van der Waals surface area contributed by atoms with E-state index in [4.69, 9.17) is 9.47 Å². The maximum Gasteiger partial charge on any atom is 0.253 e. The molecule has 128 valence electrons. The lowest BCUT2D eigenvalue weighted by Crippen LogP contribution is -2.28. The largest absolute Gasteiger partial charge is 0.379 e. The first-order chi connectivity index (χ1) is 11.1. The van der Waals surface area contributed by atoms with Gasteiger partial charge in [0.05, 0.1) is 13.2 Å². The van der Waals surface area contributed by atoms with E-state index in [0.29, 0.717) is 37.6 Å². The quantitative estimate of drug-likeness (QED) is 0.649. The summed E-state index contributed by atoms with van der Waals surface area (Å²) in [6.07, 6.45) is 0.689. The van der Waals surface area contributed by atoms with Crippen LogP contribution in [0.4, 0.5) is 11.4 Å². The molecule has 23 heavy (non-hydrogen) atoms. The maximum atomic E-state index is 12.0. The van der Waals surface area contributed by atoms with Crippen LogP contribution in [-0.4, -0.2) is 37.7 Å². The van der Waals surface area contributed by atoms with E-state index in [9.17, 15) is 9.59 Å². The average molecular weight is 322 g/mol. The van der Waals surface area contributed by atoms with Gasteiger partial charge in [-0.05, 0) is 38.5 Å². The molecule has 0 fully saturated rings. The van der Waals surface area contributed by atoms with Crippen LogP contribution in [0.1, 0.15) is 33.6 Å².